The summed E-state index contributed by atoms with van der Waals surface area (Å²) in [6, 6.07) is 14.2. The van der Waals surface area contributed by atoms with E-state index in [0.29, 0.717) is 24.2 Å². The van der Waals surface area contributed by atoms with Gasteiger partial charge in [0.15, 0.2) is 0 Å². The average Bonchev–Trinajstić information content (AvgIpc) is 2.88. The van der Waals surface area contributed by atoms with Gasteiger partial charge in [0, 0.05) is 12.2 Å². The van der Waals surface area contributed by atoms with Crippen molar-refractivity contribution < 1.29 is 14.4 Å². The van der Waals surface area contributed by atoms with Gasteiger partial charge < -0.3 is 16.4 Å². The summed E-state index contributed by atoms with van der Waals surface area (Å²) in [5.41, 5.74) is 7.94. The number of aryl methyl sites for hydroxylation is 1. The fourth-order valence-electron chi connectivity index (χ4n) is 3.15. The van der Waals surface area contributed by atoms with Crippen molar-refractivity contribution in [2.24, 2.45) is 0 Å². The lowest BCUT2D eigenvalue weighted by Gasteiger charge is -2.22. The number of nitrogens with zero attached hydrogens (tertiary/aromatic N) is 1. The molecule has 1 atom stereocenters. The van der Waals surface area contributed by atoms with Gasteiger partial charge in [-0.3, -0.25) is 14.5 Å². The van der Waals surface area contributed by atoms with Crippen LogP contribution in [-0.2, 0) is 21.5 Å². The van der Waals surface area contributed by atoms with Crippen LogP contribution >= 0.6 is 0 Å². The molecule has 7 nitrogen and oxygen atoms in total. The second kappa shape index (κ2) is 7.72. The number of benzene rings is 2. The average molecular weight is 380 g/mol. The highest BCUT2D eigenvalue weighted by Crippen LogP contribution is 2.28. The van der Waals surface area contributed by atoms with Crippen LogP contribution in [0.5, 0.6) is 0 Å². The molecular weight excluding hydrogens is 356 g/mol. The molecule has 1 aliphatic heterocycles. The minimum Gasteiger partial charge on any atom is -0.399 e. The summed E-state index contributed by atoms with van der Waals surface area (Å²) in [6.45, 7) is 3.69. The van der Waals surface area contributed by atoms with Crippen molar-refractivity contribution in [1.29, 1.82) is 0 Å². The molecule has 28 heavy (non-hydrogen) atoms. The number of carbonyl (C=O) groups excluding carboxylic acids is 3. The first-order valence-corrected chi connectivity index (χ1v) is 9.12. The Morgan fingerprint density at radius 3 is 2.39 bits per heavy atom. The van der Waals surface area contributed by atoms with Gasteiger partial charge in [-0.05, 0) is 43.5 Å². The number of nitrogens with one attached hydrogen (secondary N) is 2. The maximum absolute atomic E-state index is 12.8. The van der Waals surface area contributed by atoms with Crippen LogP contribution in [0.25, 0.3) is 0 Å². The van der Waals surface area contributed by atoms with Gasteiger partial charge in [0.1, 0.15) is 12.1 Å². The minimum absolute atomic E-state index is 0.312. The summed E-state index contributed by atoms with van der Waals surface area (Å²) < 4.78 is 0. The number of amides is 4. The first-order valence-electron chi connectivity index (χ1n) is 9.12. The van der Waals surface area contributed by atoms with Crippen LogP contribution in [0.4, 0.5) is 10.5 Å². The molecule has 146 valence electrons. The van der Waals surface area contributed by atoms with E-state index >= 15 is 0 Å². The summed E-state index contributed by atoms with van der Waals surface area (Å²) in [5, 5.41) is 5.45. The van der Waals surface area contributed by atoms with Crippen molar-refractivity contribution in [3.8, 4) is 0 Å². The van der Waals surface area contributed by atoms with E-state index in [-0.39, 0.29) is 12.5 Å². The van der Waals surface area contributed by atoms with Gasteiger partial charge in [-0.25, -0.2) is 4.79 Å². The highest BCUT2D eigenvalue weighted by molar-refractivity contribution is 6.09. The van der Waals surface area contributed by atoms with Gasteiger partial charge in [-0.15, -0.1) is 0 Å². The second-order valence-corrected chi connectivity index (χ2v) is 7.15. The molecule has 1 fully saturated rings. The Bertz CT molecular complexity index is 893. The Kier molecular flexibility index (Phi) is 5.35. The minimum atomic E-state index is -1.17. The van der Waals surface area contributed by atoms with E-state index in [4.69, 9.17) is 5.73 Å². The summed E-state index contributed by atoms with van der Waals surface area (Å²) in [5.74, 6) is -0.817. The van der Waals surface area contributed by atoms with Crippen LogP contribution in [0, 0.1) is 6.92 Å². The zero-order valence-corrected chi connectivity index (χ0v) is 16.0. The van der Waals surface area contributed by atoms with E-state index < -0.39 is 17.5 Å². The van der Waals surface area contributed by atoms with Gasteiger partial charge >= 0.3 is 6.03 Å². The SMILES string of the molecule is Cc1ccc(C2(C)NC(=O)N(CC(=O)NCCc3ccc(N)cc3)C2=O)cc1. The van der Waals surface area contributed by atoms with Gasteiger partial charge in [0.05, 0.1) is 0 Å². The van der Waals surface area contributed by atoms with E-state index in [2.05, 4.69) is 10.6 Å². The number of imide groups is 1. The third kappa shape index (κ3) is 3.98. The van der Waals surface area contributed by atoms with Crippen molar-refractivity contribution in [1.82, 2.24) is 15.5 Å². The van der Waals surface area contributed by atoms with Crippen LogP contribution in [0.2, 0.25) is 0 Å². The molecule has 0 aliphatic carbocycles. The smallest absolute Gasteiger partial charge is 0.325 e. The molecule has 4 amide bonds. The number of urea groups is 1. The molecule has 0 saturated carbocycles. The normalized spacial score (nSPS) is 18.9. The van der Waals surface area contributed by atoms with Crippen molar-refractivity contribution in [3.05, 3.63) is 65.2 Å². The quantitative estimate of drug-likeness (QED) is 0.524. The van der Waals surface area contributed by atoms with Crippen LogP contribution in [0.3, 0.4) is 0 Å². The standard InChI is InChI=1S/C21H24N4O3/c1-14-3-7-16(8-4-14)21(2)19(27)25(20(28)24-21)13-18(26)23-12-11-15-5-9-17(22)10-6-15/h3-10H,11-13,22H2,1-2H3,(H,23,26)(H,24,28). The summed E-state index contributed by atoms with van der Waals surface area (Å²) >= 11 is 0. The predicted octanol–water partition coefficient (Wildman–Crippen LogP) is 1.70. The van der Waals surface area contributed by atoms with Crippen molar-refractivity contribution in [2.45, 2.75) is 25.8 Å². The lowest BCUT2D eigenvalue weighted by molar-refractivity contribution is -0.134. The molecule has 1 aliphatic rings. The molecule has 0 aromatic heterocycles. The van der Waals surface area contributed by atoms with Gasteiger partial charge in [-0.2, -0.15) is 0 Å². The molecule has 0 spiro atoms. The van der Waals surface area contributed by atoms with Crippen LogP contribution in [-0.4, -0.2) is 35.8 Å². The highest BCUT2D eigenvalue weighted by atomic mass is 16.2. The maximum atomic E-state index is 12.8. The maximum Gasteiger partial charge on any atom is 0.325 e. The predicted molar refractivity (Wildman–Crippen MR) is 106 cm³/mol. The summed E-state index contributed by atoms with van der Waals surface area (Å²) in [7, 11) is 0. The van der Waals surface area contributed by atoms with E-state index in [9.17, 15) is 14.4 Å². The second-order valence-electron chi connectivity index (χ2n) is 7.15. The Hall–Kier alpha value is -3.35. The Morgan fingerprint density at radius 2 is 1.75 bits per heavy atom. The van der Waals surface area contributed by atoms with Crippen molar-refractivity contribution >= 4 is 23.5 Å². The first kappa shape index (κ1) is 19.4. The number of rotatable bonds is 6. The van der Waals surface area contributed by atoms with Crippen LogP contribution in [0.1, 0.15) is 23.6 Å². The van der Waals surface area contributed by atoms with E-state index in [1.807, 2.05) is 43.3 Å². The Morgan fingerprint density at radius 1 is 1.11 bits per heavy atom. The largest absolute Gasteiger partial charge is 0.399 e. The zero-order chi connectivity index (χ0) is 20.3. The first-order chi connectivity index (χ1) is 13.3. The number of carbonyl (C=O) groups is 3. The topological polar surface area (TPSA) is 105 Å². The molecule has 0 radical (unpaired) electrons. The van der Waals surface area contributed by atoms with Crippen molar-refractivity contribution in [2.75, 3.05) is 18.8 Å². The fourth-order valence-corrected chi connectivity index (χ4v) is 3.15. The lowest BCUT2D eigenvalue weighted by atomic mass is 9.91. The van der Waals surface area contributed by atoms with Gasteiger partial charge in [0.25, 0.3) is 5.91 Å². The van der Waals surface area contributed by atoms with Crippen LogP contribution < -0.4 is 16.4 Å². The number of hydrogen-bond donors (Lipinski definition) is 3. The summed E-state index contributed by atoms with van der Waals surface area (Å²) in [6.07, 6.45) is 0.632. The van der Waals surface area contributed by atoms with Gasteiger partial charge in [-0.1, -0.05) is 42.0 Å². The third-order valence-electron chi connectivity index (χ3n) is 4.92. The summed E-state index contributed by atoms with van der Waals surface area (Å²) in [4.78, 5) is 38.3. The van der Waals surface area contributed by atoms with Crippen molar-refractivity contribution in [3.63, 3.8) is 0 Å². The number of hydrogen-bond acceptors (Lipinski definition) is 4. The molecule has 1 saturated heterocycles. The van der Waals surface area contributed by atoms with E-state index in [1.165, 1.54) is 0 Å². The van der Waals surface area contributed by atoms with Gasteiger partial charge in [0.2, 0.25) is 5.91 Å². The molecular formula is C21H24N4O3. The molecule has 1 heterocycles. The zero-order valence-electron chi connectivity index (χ0n) is 16.0. The molecule has 3 rings (SSSR count). The molecule has 2 aromatic rings. The van der Waals surface area contributed by atoms with E-state index in [1.54, 1.807) is 19.1 Å². The lowest BCUT2D eigenvalue weighted by Crippen LogP contribution is -2.43. The number of nitrogen functional groups attached to an aromatic ring is 1. The highest BCUT2D eigenvalue weighted by Gasteiger charge is 2.49. The van der Waals surface area contributed by atoms with Crippen LogP contribution in [0.15, 0.2) is 48.5 Å². The molecule has 1 unspecified atom stereocenters. The molecule has 7 heteroatoms. The fraction of sp³-hybridized carbons (Fsp3) is 0.286. The third-order valence-corrected chi connectivity index (χ3v) is 4.92. The number of anilines is 1. The number of nitrogens with two attached hydrogens (primary N) is 1. The monoisotopic (exact) mass is 380 g/mol. The van der Waals surface area contributed by atoms with E-state index in [0.717, 1.165) is 16.0 Å². The molecule has 4 N–H and O–H groups in total. The molecule has 0 bridgehead atoms. The molecule has 2 aromatic carbocycles. The Balaban J connectivity index is 1.58. The Labute approximate surface area is 163 Å².